The summed E-state index contributed by atoms with van der Waals surface area (Å²) in [7, 11) is 0. The van der Waals surface area contributed by atoms with Crippen molar-refractivity contribution in [1.82, 2.24) is 4.98 Å². The zero-order valence-electron chi connectivity index (χ0n) is 12.5. The first-order valence-electron chi connectivity index (χ1n) is 7.48. The lowest BCUT2D eigenvalue weighted by molar-refractivity contribution is 0.336. The van der Waals surface area contributed by atoms with Crippen LogP contribution in [-0.4, -0.2) is 18.2 Å². The molecule has 1 fully saturated rings. The Morgan fingerprint density at radius 3 is 2.48 bits per heavy atom. The zero-order chi connectivity index (χ0) is 14.8. The standard InChI is InChI=1S/C16H21N3O2/c1-3-20-13-7-8-14(21-4-2)16-15(13)12(19-17)9-11(18-16)10-5-6-10/h7-10H,3-6,17H2,1-2H3,(H,18,19). The second kappa shape index (κ2) is 5.77. The summed E-state index contributed by atoms with van der Waals surface area (Å²) in [4.78, 5) is 4.81. The molecule has 1 saturated carbocycles. The molecular formula is C16H21N3O2. The molecule has 0 atom stereocenters. The number of nitrogens with two attached hydrogens (primary N) is 1. The van der Waals surface area contributed by atoms with Gasteiger partial charge in [0, 0.05) is 11.6 Å². The van der Waals surface area contributed by atoms with Crippen LogP contribution in [0.2, 0.25) is 0 Å². The van der Waals surface area contributed by atoms with Gasteiger partial charge in [-0.2, -0.15) is 0 Å². The van der Waals surface area contributed by atoms with Gasteiger partial charge in [-0.1, -0.05) is 0 Å². The number of nitrogens with zero attached hydrogens (tertiary/aromatic N) is 1. The Balaban J connectivity index is 2.25. The Labute approximate surface area is 124 Å². The van der Waals surface area contributed by atoms with Crippen LogP contribution in [0, 0.1) is 0 Å². The molecule has 2 aromatic rings. The van der Waals surface area contributed by atoms with Crippen molar-refractivity contribution in [2.45, 2.75) is 32.6 Å². The van der Waals surface area contributed by atoms with Gasteiger partial charge in [-0.15, -0.1) is 0 Å². The van der Waals surface area contributed by atoms with E-state index in [0.717, 1.165) is 33.8 Å². The number of nitrogens with one attached hydrogen (secondary N) is 1. The molecule has 3 N–H and O–H groups in total. The molecule has 5 heteroatoms. The topological polar surface area (TPSA) is 69.4 Å². The van der Waals surface area contributed by atoms with Crippen LogP contribution in [-0.2, 0) is 0 Å². The first-order valence-corrected chi connectivity index (χ1v) is 7.48. The van der Waals surface area contributed by atoms with E-state index in [1.54, 1.807) is 0 Å². The summed E-state index contributed by atoms with van der Waals surface area (Å²) in [6.07, 6.45) is 2.38. The molecule has 0 bridgehead atoms. The highest BCUT2D eigenvalue weighted by Crippen LogP contribution is 2.44. The maximum Gasteiger partial charge on any atom is 0.145 e. The molecule has 0 amide bonds. The molecule has 1 aromatic heterocycles. The van der Waals surface area contributed by atoms with Crippen molar-refractivity contribution in [3.63, 3.8) is 0 Å². The molecular weight excluding hydrogens is 266 g/mol. The van der Waals surface area contributed by atoms with E-state index in [2.05, 4.69) is 5.43 Å². The van der Waals surface area contributed by atoms with Gasteiger partial charge in [-0.3, -0.25) is 5.84 Å². The maximum atomic E-state index is 5.72. The average molecular weight is 287 g/mol. The van der Waals surface area contributed by atoms with Crippen molar-refractivity contribution in [1.29, 1.82) is 0 Å². The molecule has 0 radical (unpaired) electrons. The van der Waals surface area contributed by atoms with Gasteiger partial charge in [-0.25, -0.2) is 4.98 Å². The number of hydrogen-bond acceptors (Lipinski definition) is 5. The van der Waals surface area contributed by atoms with E-state index in [-0.39, 0.29) is 0 Å². The van der Waals surface area contributed by atoms with E-state index in [1.165, 1.54) is 12.8 Å². The van der Waals surface area contributed by atoms with Crippen LogP contribution in [0.15, 0.2) is 18.2 Å². The molecule has 1 aliphatic carbocycles. The SMILES string of the molecule is CCOc1ccc(OCC)c2c(NN)cc(C3CC3)nc12. The van der Waals surface area contributed by atoms with Gasteiger partial charge in [0.15, 0.2) is 0 Å². The number of nitrogen functional groups attached to an aromatic ring is 1. The lowest BCUT2D eigenvalue weighted by Crippen LogP contribution is -2.09. The van der Waals surface area contributed by atoms with Gasteiger partial charge in [0.05, 0.1) is 24.3 Å². The molecule has 1 aromatic carbocycles. The molecule has 3 rings (SSSR count). The van der Waals surface area contributed by atoms with Crippen LogP contribution in [0.4, 0.5) is 5.69 Å². The third-order valence-corrected chi connectivity index (χ3v) is 3.66. The van der Waals surface area contributed by atoms with Gasteiger partial charge in [0.1, 0.15) is 17.0 Å². The number of benzene rings is 1. The predicted molar refractivity (Wildman–Crippen MR) is 83.9 cm³/mol. The summed E-state index contributed by atoms with van der Waals surface area (Å²) in [5.41, 5.74) is 5.52. The van der Waals surface area contributed by atoms with Crippen molar-refractivity contribution in [3.05, 3.63) is 23.9 Å². The van der Waals surface area contributed by atoms with E-state index in [4.69, 9.17) is 20.3 Å². The number of anilines is 1. The Bertz CT molecular complexity index is 654. The second-order valence-corrected chi connectivity index (χ2v) is 5.16. The number of hydrogen-bond donors (Lipinski definition) is 2. The Morgan fingerprint density at radius 2 is 1.86 bits per heavy atom. The minimum absolute atomic E-state index is 0.548. The van der Waals surface area contributed by atoms with Gasteiger partial charge < -0.3 is 14.9 Å². The summed E-state index contributed by atoms with van der Waals surface area (Å²) >= 11 is 0. The summed E-state index contributed by atoms with van der Waals surface area (Å²) in [5.74, 6) is 7.82. The third-order valence-electron chi connectivity index (χ3n) is 3.66. The second-order valence-electron chi connectivity index (χ2n) is 5.16. The fourth-order valence-corrected chi connectivity index (χ4v) is 2.56. The molecule has 0 aliphatic heterocycles. The third kappa shape index (κ3) is 2.61. The average Bonchev–Trinajstić information content (AvgIpc) is 3.33. The summed E-state index contributed by atoms with van der Waals surface area (Å²) < 4.78 is 11.4. The largest absolute Gasteiger partial charge is 0.493 e. The fourth-order valence-electron chi connectivity index (χ4n) is 2.56. The van der Waals surface area contributed by atoms with Crippen LogP contribution >= 0.6 is 0 Å². The Morgan fingerprint density at radius 1 is 1.19 bits per heavy atom. The molecule has 112 valence electrons. The van der Waals surface area contributed by atoms with Crippen molar-refractivity contribution < 1.29 is 9.47 Å². The lowest BCUT2D eigenvalue weighted by atomic mass is 10.1. The van der Waals surface area contributed by atoms with Crippen molar-refractivity contribution in [2.75, 3.05) is 18.6 Å². The number of rotatable bonds is 6. The molecule has 0 unspecified atom stereocenters. The summed E-state index contributed by atoms with van der Waals surface area (Å²) in [6, 6.07) is 5.86. The molecule has 0 saturated heterocycles. The molecule has 1 heterocycles. The molecule has 1 aliphatic rings. The fraction of sp³-hybridized carbons (Fsp3) is 0.438. The molecule has 5 nitrogen and oxygen atoms in total. The van der Waals surface area contributed by atoms with Crippen LogP contribution in [0.3, 0.4) is 0 Å². The highest BCUT2D eigenvalue weighted by molar-refractivity contribution is 5.99. The molecule has 0 spiro atoms. The van der Waals surface area contributed by atoms with E-state index in [9.17, 15) is 0 Å². The lowest BCUT2D eigenvalue weighted by Gasteiger charge is -2.15. The van der Waals surface area contributed by atoms with Crippen LogP contribution < -0.4 is 20.7 Å². The van der Waals surface area contributed by atoms with Crippen LogP contribution in [0.25, 0.3) is 10.9 Å². The number of pyridine rings is 1. The van der Waals surface area contributed by atoms with E-state index in [1.807, 2.05) is 32.0 Å². The first kappa shape index (κ1) is 13.9. The number of fused-ring (bicyclic) bond motifs is 1. The highest BCUT2D eigenvalue weighted by atomic mass is 16.5. The number of hydrazine groups is 1. The quantitative estimate of drug-likeness (QED) is 0.630. The van der Waals surface area contributed by atoms with Gasteiger partial charge in [0.25, 0.3) is 0 Å². The zero-order valence-corrected chi connectivity index (χ0v) is 12.5. The Kier molecular flexibility index (Phi) is 3.84. The van der Waals surface area contributed by atoms with E-state index in [0.29, 0.717) is 19.1 Å². The monoisotopic (exact) mass is 287 g/mol. The Hall–Kier alpha value is -2.01. The normalized spacial score (nSPS) is 14.2. The summed E-state index contributed by atoms with van der Waals surface area (Å²) in [6.45, 7) is 5.13. The highest BCUT2D eigenvalue weighted by Gasteiger charge is 2.27. The van der Waals surface area contributed by atoms with E-state index < -0.39 is 0 Å². The number of ether oxygens (including phenoxy) is 2. The van der Waals surface area contributed by atoms with E-state index >= 15 is 0 Å². The van der Waals surface area contributed by atoms with Gasteiger partial charge in [-0.05, 0) is 44.9 Å². The van der Waals surface area contributed by atoms with Crippen molar-refractivity contribution >= 4 is 16.6 Å². The number of aromatic nitrogens is 1. The van der Waals surface area contributed by atoms with Gasteiger partial charge >= 0.3 is 0 Å². The maximum absolute atomic E-state index is 5.72. The van der Waals surface area contributed by atoms with Crippen LogP contribution in [0.5, 0.6) is 11.5 Å². The smallest absolute Gasteiger partial charge is 0.145 e. The van der Waals surface area contributed by atoms with Crippen molar-refractivity contribution in [2.24, 2.45) is 5.84 Å². The predicted octanol–water partition coefficient (Wildman–Crippen LogP) is 3.20. The summed E-state index contributed by atoms with van der Waals surface area (Å²) in [5, 5.41) is 0.884. The van der Waals surface area contributed by atoms with Crippen molar-refractivity contribution in [3.8, 4) is 11.5 Å². The van der Waals surface area contributed by atoms with Crippen LogP contribution in [0.1, 0.15) is 38.3 Å². The minimum atomic E-state index is 0.548. The molecule has 21 heavy (non-hydrogen) atoms. The minimum Gasteiger partial charge on any atom is -0.493 e. The first-order chi connectivity index (χ1) is 10.3. The van der Waals surface area contributed by atoms with Gasteiger partial charge in [0.2, 0.25) is 0 Å².